The highest BCUT2D eigenvalue weighted by atomic mass is 16.5. The van der Waals surface area contributed by atoms with Crippen molar-refractivity contribution in [2.75, 3.05) is 26.2 Å². The fourth-order valence-corrected chi connectivity index (χ4v) is 3.38. The van der Waals surface area contributed by atoms with Gasteiger partial charge in [-0.05, 0) is 52.7 Å². The van der Waals surface area contributed by atoms with Gasteiger partial charge in [0.25, 0.3) is 0 Å². The van der Waals surface area contributed by atoms with Gasteiger partial charge in [0.2, 0.25) is 0 Å². The lowest BCUT2D eigenvalue weighted by molar-refractivity contribution is 0.214. The van der Waals surface area contributed by atoms with E-state index in [1.54, 1.807) is 0 Å². The maximum Gasteiger partial charge on any atom is 0.138 e. The summed E-state index contributed by atoms with van der Waals surface area (Å²) in [6.07, 6.45) is 4.04. The Bertz CT molecular complexity index is 396. The SMILES string of the molecule is Cc1noc(C)c1CN1CCCN2CCCC2C1. The molecule has 18 heavy (non-hydrogen) atoms. The molecule has 3 rings (SSSR count). The Morgan fingerprint density at radius 2 is 2.06 bits per heavy atom. The molecule has 0 N–H and O–H groups in total. The van der Waals surface area contributed by atoms with Crippen LogP contribution in [0.1, 0.15) is 36.3 Å². The fourth-order valence-electron chi connectivity index (χ4n) is 3.38. The number of fused-ring (bicyclic) bond motifs is 1. The predicted octanol–water partition coefficient (Wildman–Crippen LogP) is 1.96. The van der Waals surface area contributed by atoms with Gasteiger partial charge in [-0.2, -0.15) is 0 Å². The van der Waals surface area contributed by atoms with Crippen LogP contribution in [0.2, 0.25) is 0 Å². The molecule has 2 fully saturated rings. The highest BCUT2D eigenvalue weighted by Gasteiger charge is 2.29. The zero-order chi connectivity index (χ0) is 12.5. The number of hydrogen-bond acceptors (Lipinski definition) is 4. The molecule has 1 aromatic heterocycles. The highest BCUT2D eigenvalue weighted by molar-refractivity contribution is 5.20. The summed E-state index contributed by atoms with van der Waals surface area (Å²) in [6.45, 7) is 10.1. The predicted molar refractivity (Wildman–Crippen MR) is 70.5 cm³/mol. The molecule has 2 aliphatic rings. The zero-order valence-corrected chi connectivity index (χ0v) is 11.5. The lowest BCUT2D eigenvalue weighted by atomic mass is 10.1. The number of aryl methyl sites for hydroxylation is 2. The third kappa shape index (κ3) is 2.31. The summed E-state index contributed by atoms with van der Waals surface area (Å²) >= 11 is 0. The summed E-state index contributed by atoms with van der Waals surface area (Å²) in [6, 6.07) is 0.785. The largest absolute Gasteiger partial charge is 0.361 e. The summed E-state index contributed by atoms with van der Waals surface area (Å²) in [5, 5.41) is 4.06. The Morgan fingerprint density at radius 3 is 2.83 bits per heavy atom. The molecule has 0 spiro atoms. The molecule has 100 valence electrons. The lowest BCUT2D eigenvalue weighted by Gasteiger charge is -2.25. The second kappa shape index (κ2) is 5.02. The summed E-state index contributed by atoms with van der Waals surface area (Å²) < 4.78 is 5.27. The Kier molecular flexibility index (Phi) is 3.39. The molecule has 4 heteroatoms. The lowest BCUT2D eigenvalue weighted by Crippen LogP contribution is -2.36. The van der Waals surface area contributed by atoms with Crippen LogP contribution in [0.25, 0.3) is 0 Å². The summed E-state index contributed by atoms with van der Waals surface area (Å²) in [7, 11) is 0. The van der Waals surface area contributed by atoms with Gasteiger partial charge in [0.1, 0.15) is 5.76 Å². The van der Waals surface area contributed by atoms with Gasteiger partial charge in [-0.3, -0.25) is 9.80 Å². The van der Waals surface area contributed by atoms with E-state index in [0.29, 0.717) is 0 Å². The van der Waals surface area contributed by atoms with Gasteiger partial charge >= 0.3 is 0 Å². The second-order valence-electron chi connectivity index (χ2n) is 5.72. The van der Waals surface area contributed by atoms with Crippen molar-refractivity contribution in [2.24, 2.45) is 0 Å². The molecule has 0 aliphatic carbocycles. The first kappa shape index (κ1) is 12.2. The Labute approximate surface area is 109 Å². The normalized spacial score (nSPS) is 26.2. The molecule has 4 nitrogen and oxygen atoms in total. The van der Waals surface area contributed by atoms with Gasteiger partial charge in [0.05, 0.1) is 5.69 Å². The molecule has 0 bridgehead atoms. The monoisotopic (exact) mass is 249 g/mol. The van der Waals surface area contributed by atoms with E-state index >= 15 is 0 Å². The van der Waals surface area contributed by atoms with Crippen LogP contribution in [0.15, 0.2) is 4.52 Å². The van der Waals surface area contributed by atoms with Crippen LogP contribution in [0.4, 0.5) is 0 Å². The molecule has 1 aromatic rings. The van der Waals surface area contributed by atoms with Crippen molar-refractivity contribution in [2.45, 2.75) is 45.7 Å². The van der Waals surface area contributed by atoms with E-state index in [1.807, 2.05) is 13.8 Å². The first-order valence-corrected chi connectivity index (χ1v) is 7.12. The molecule has 1 atom stereocenters. The van der Waals surface area contributed by atoms with Crippen molar-refractivity contribution in [3.05, 3.63) is 17.0 Å². The van der Waals surface area contributed by atoms with E-state index < -0.39 is 0 Å². The van der Waals surface area contributed by atoms with E-state index in [9.17, 15) is 0 Å². The molecule has 0 saturated carbocycles. The summed E-state index contributed by atoms with van der Waals surface area (Å²) in [4.78, 5) is 5.26. The first-order chi connectivity index (χ1) is 8.74. The van der Waals surface area contributed by atoms with Gasteiger partial charge in [-0.15, -0.1) is 0 Å². The van der Waals surface area contributed by atoms with Gasteiger partial charge in [-0.25, -0.2) is 0 Å². The quantitative estimate of drug-likeness (QED) is 0.802. The van der Waals surface area contributed by atoms with E-state index in [2.05, 4.69) is 15.0 Å². The fraction of sp³-hybridized carbons (Fsp3) is 0.786. The molecule has 3 heterocycles. The molecular weight excluding hydrogens is 226 g/mol. The molecular formula is C14H23N3O. The Balaban J connectivity index is 1.69. The maximum atomic E-state index is 5.27. The van der Waals surface area contributed by atoms with Crippen LogP contribution in [0, 0.1) is 13.8 Å². The number of nitrogens with zero attached hydrogens (tertiary/aromatic N) is 3. The second-order valence-corrected chi connectivity index (χ2v) is 5.72. The Hall–Kier alpha value is -0.870. The minimum Gasteiger partial charge on any atom is -0.361 e. The van der Waals surface area contributed by atoms with Crippen LogP contribution < -0.4 is 0 Å². The Morgan fingerprint density at radius 1 is 1.22 bits per heavy atom. The third-order valence-corrected chi connectivity index (χ3v) is 4.45. The van der Waals surface area contributed by atoms with Gasteiger partial charge in [0.15, 0.2) is 0 Å². The molecule has 1 unspecified atom stereocenters. The van der Waals surface area contributed by atoms with Gasteiger partial charge in [0, 0.05) is 24.7 Å². The van der Waals surface area contributed by atoms with Crippen molar-refractivity contribution in [1.29, 1.82) is 0 Å². The smallest absolute Gasteiger partial charge is 0.138 e. The maximum absolute atomic E-state index is 5.27. The summed E-state index contributed by atoms with van der Waals surface area (Å²) in [5.74, 6) is 0.986. The standard InChI is InChI=1S/C14H23N3O/c1-11-14(12(2)18-15-11)10-16-6-4-8-17-7-3-5-13(17)9-16/h13H,3-10H2,1-2H3. The topological polar surface area (TPSA) is 32.5 Å². The average Bonchev–Trinajstić information content (AvgIpc) is 2.85. The zero-order valence-electron chi connectivity index (χ0n) is 11.5. The molecule has 0 radical (unpaired) electrons. The molecule has 0 aromatic carbocycles. The minimum absolute atomic E-state index is 0.785. The van der Waals surface area contributed by atoms with Crippen LogP contribution in [0.5, 0.6) is 0 Å². The number of rotatable bonds is 2. The van der Waals surface area contributed by atoms with Crippen LogP contribution >= 0.6 is 0 Å². The third-order valence-electron chi connectivity index (χ3n) is 4.45. The number of hydrogen-bond donors (Lipinski definition) is 0. The van der Waals surface area contributed by atoms with Crippen molar-refractivity contribution in [3.63, 3.8) is 0 Å². The van der Waals surface area contributed by atoms with Crippen LogP contribution in [-0.4, -0.2) is 47.2 Å². The van der Waals surface area contributed by atoms with Gasteiger partial charge < -0.3 is 4.52 Å². The minimum atomic E-state index is 0.785. The first-order valence-electron chi connectivity index (χ1n) is 7.12. The van der Waals surface area contributed by atoms with Crippen LogP contribution in [-0.2, 0) is 6.54 Å². The molecule has 0 amide bonds. The molecule has 2 saturated heterocycles. The van der Waals surface area contributed by atoms with E-state index in [-0.39, 0.29) is 0 Å². The average molecular weight is 249 g/mol. The summed E-state index contributed by atoms with van der Waals surface area (Å²) in [5.41, 5.74) is 2.35. The molecule has 2 aliphatic heterocycles. The van der Waals surface area contributed by atoms with E-state index in [0.717, 1.165) is 24.0 Å². The van der Waals surface area contributed by atoms with Crippen molar-refractivity contribution in [3.8, 4) is 0 Å². The van der Waals surface area contributed by atoms with Crippen molar-refractivity contribution >= 4 is 0 Å². The highest BCUT2D eigenvalue weighted by Crippen LogP contribution is 2.23. The number of aromatic nitrogens is 1. The van der Waals surface area contributed by atoms with Crippen molar-refractivity contribution < 1.29 is 4.52 Å². The van der Waals surface area contributed by atoms with E-state index in [4.69, 9.17) is 4.52 Å². The van der Waals surface area contributed by atoms with E-state index in [1.165, 1.54) is 51.0 Å². The van der Waals surface area contributed by atoms with Crippen molar-refractivity contribution in [1.82, 2.24) is 15.0 Å². The van der Waals surface area contributed by atoms with Gasteiger partial charge in [-0.1, -0.05) is 5.16 Å². The van der Waals surface area contributed by atoms with Crippen LogP contribution in [0.3, 0.4) is 0 Å².